The molecule has 0 amide bonds. The zero-order valence-electron chi connectivity index (χ0n) is 11.4. The van der Waals surface area contributed by atoms with Crippen molar-refractivity contribution >= 4 is 0 Å². The van der Waals surface area contributed by atoms with Gasteiger partial charge in [-0.05, 0) is 52.6 Å². The first-order valence-electron chi connectivity index (χ1n) is 6.55. The van der Waals surface area contributed by atoms with Gasteiger partial charge in [0, 0.05) is 24.2 Å². The van der Waals surface area contributed by atoms with Crippen LogP contribution in [0.1, 0.15) is 43.4 Å². The lowest BCUT2D eigenvalue weighted by molar-refractivity contribution is 0.199. The van der Waals surface area contributed by atoms with Crippen molar-refractivity contribution in [3.63, 3.8) is 0 Å². The number of nitrogens with zero attached hydrogens (tertiary/aromatic N) is 1. The summed E-state index contributed by atoms with van der Waals surface area (Å²) in [6.45, 7) is 10.6. The molecule has 1 aliphatic heterocycles. The minimum Gasteiger partial charge on any atom is -0.466 e. The van der Waals surface area contributed by atoms with Gasteiger partial charge in [0.2, 0.25) is 0 Å². The number of aryl methyl sites for hydroxylation is 2. The molecule has 1 saturated heterocycles. The van der Waals surface area contributed by atoms with E-state index in [2.05, 4.69) is 31.7 Å². The molecule has 3 atom stereocenters. The number of likely N-dealkylation sites (tertiary alicyclic amines) is 1. The second kappa shape index (κ2) is 4.83. The van der Waals surface area contributed by atoms with Crippen LogP contribution in [0.25, 0.3) is 0 Å². The SMILES string of the molecule is Cc1cc(C(C)N2CC(CN)CC2C)c(C)o1. The number of nitrogens with two attached hydrogens (primary N) is 1. The number of hydrogen-bond donors (Lipinski definition) is 1. The summed E-state index contributed by atoms with van der Waals surface area (Å²) in [4.78, 5) is 2.55. The van der Waals surface area contributed by atoms with Crippen LogP contribution in [0.4, 0.5) is 0 Å². The molecule has 0 aliphatic carbocycles. The van der Waals surface area contributed by atoms with Gasteiger partial charge < -0.3 is 10.2 Å². The molecule has 2 N–H and O–H groups in total. The van der Waals surface area contributed by atoms with Crippen LogP contribution in [0, 0.1) is 19.8 Å². The molecule has 0 saturated carbocycles. The lowest BCUT2D eigenvalue weighted by Crippen LogP contribution is -2.31. The van der Waals surface area contributed by atoms with Gasteiger partial charge in [-0.1, -0.05) is 0 Å². The van der Waals surface area contributed by atoms with E-state index < -0.39 is 0 Å². The molecule has 0 spiro atoms. The Hall–Kier alpha value is -0.800. The Morgan fingerprint density at radius 1 is 1.53 bits per heavy atom. The van der Waals surface area contributed by atoms with Crippen molar-refractivity contribution in [3.8, 4) is 0 Å². The van der Waals surface area contributed by atoms with Gasteiger partial charge in [0.1, 0.15) is 11.5 Å². The van der Waals surface area contributed by atoms with Crippen LogP contribution in [0.2, 0.25) is 0 Å². The Kier molecular flexibility index (Phi) is 3.59. The Balaban J connectivity index is 2.15. The van der Waals surface area contributed by atoms with Gasteiger partial charge in [0.05, 0.1) is 0 Å². The summed E-state index contributed by atoms with van der Waals surface area (Å²) in [6, 6.07) is 3.22. The minimum absolute atomic E-state index is 0.430. The normalized spacial score (nSPS) is 27.6. The van der Waals surface area contributed by atoms with E-state index in [0.717, 1.165) is 24.6 Å². The van der Waals surface area contributed by atoms with E-state index in [1.807, 2.05) is 6.92 Å². The molecule has 3 nitrogen and oxygen atoms in total. The highest BCUT2D eigenvalue weighted by Gasteiger charge is 2.32. The second-order valence-electron chi connectivity index (χ2n) is 5.43. The maximum Gasteiger partial charge on any atom is 0.105 e. The molecule has 1 aliphatic rings. The summed E-state index contributed by atoms with van der Waals surface area (Å²) in [5.74, 6) is 2.71. The topological polar surface area (TPSA) is 42.4 Å². The molecule has 0 radical (unpaired) electrons. The molecule has 1 aromatic rings. The Labute approximate surface area is 104 Å². The lowest BCUT2D eigenvalue weighted by atomic mass is 10.1. The maximum absolute atomic E-state index is 5.79. The molecule has 0 aromatic carbocycles. The van der Waals surface area contributed by atoms with Crippen molar-refractivity contribution < 1.29 is 4.42 Å². The van der Waals surface area contributed by atoms with Crippen LogP contribution in [-0.4, -0.2) is 24.0 Å². The summed E-state index contributed by atoms with van der Waals surface area (Å²) in [7, 11) is 0. The van der Waals surface area contributed by atoms with Crippen LogP contribution in [-0.2, 0) is 0 Å². The predicted molar refractivity (Wildman–Crippen MR) is 69.9 cm³/mol. The molecular formula is C14H24N2O. The average Bonchev–Trinajstić information content (AvgIpc) is 2.81. The zero-order chi connectivity index (χ0) is 12.6. The number of hydrogen-bond acceptors (Lipinski definition) is 3. The Bertz CT molecular complexity index is 386. The summed E-state index contributed by atoms with van der Waals surface area (Å²) >= 11 is 0. The quantitative estimate of drug-likeness (QED) is 0.877. The van der Waals surface area contributed by atoms with Crippen LogP contribution < -0.4 is 5.73 Å². The fourth-order valence-electron chi connectivity index (χ4n) is 3.12. The minimum atomic E-state index is 0.430. The van der Waals surface area contributed by atoms with Gasteiger partial charge in [0.25, 0.3) is 0 Å². The third kappa shape index (κ3) is 2.40. The first-order valence-corrected chi connectivity index (χ1v) is 6.55. The molecule has 3 heteroatoms. The largest absolute Gasteiger partial charge is 0.466 e. The van der Waals surface area contributed by atoms with Gasteiger partial charge in [-0.25, -0.2) is 0 Å². The summed E-state index contributed by atoms with van der Waals surface area (Å²) in [6.07, 6.45) is 1.22. The maximum atomic E-state index is 5.79. The van der Waals surface area contributed by atoms with Crippen molar-refractivity contribution in [1.82, 2.24) is 4.90 Å². The first-order chi connectivity index (χ1) is 8.02. The predicted octanol–water partition coefficient (Wildman–Crippen LogP) is 2.63. The van der Waals surface area contributed by atoms with E-state index in [1.165, 1.54) is 12.0 Å². The van der Waals surface area contributed by atoms with E-state index in [1.54, 1.807) is 0 Å². The summed E-state index contributed by atoms with van der Waals surface area (Å²) in [5, 5.41) is 0. The fourth-order valence-corrected chi connectivity index (χ4v) is 3.12. The highest BCUT2D eigenvalue weighted by atomic mass is 16.3. The molecular weight excluding hydrogens is 212 g/mol. The van der Waals surface area contributed by atoms with Crippen LogP contribution in [0.3, 0.4) is 0 Å². The number of rotatable bonds is 3. The Morgan fingerprint density at radius 3 is 2.71 bits per heavy atom. The fraction of sp³-hybridized carbons (Fsp3) is 0.714. The number of furan rings is 1. The van der Waals surface area contributed by atoms with E-state index in [9.17, 15) is 0 Å². The highest BCUT2D eigenvalue weighted by Crippen LogP contribution is 2.33. The third-order valence-electron chi connectivity index (χ3n) is 4.07. The van der Waals surface area contributed by atoms with E-state index in [4.69, 9.17) is 10.2 Å². The molecule has 1 fully saturated rings. The van der Waals surface area contributed by atoms with Crippen LogP contribution in [0.15, 0.2) is 10.5 Å². The van der Waals surface area contributed by atoms with Crippen molar-refractivity contribution in [2.75, 3.05) is 13.1 Å². The summed E-state index contributed by atoms with van der Waals surface area (Å²) in [5.41, 5.74) is 7.11. The smallest absolute Gasteiger partial charge is 0.105 e. The van der Waals surface area contributed by atoms with E-state index >= 15 is 0 Å². The third-order valence-corrected chi connectivity index (χ3v) is 4.07. The standard InChI is InChI=1S/C14H24N2O/c1-9-5-13(7-15)8-16(9)11(3)14-6-10(2)17-12(14)4/h6,9,11,13H,5,7-8,15H2,1-4H3. The highest BCUT2D eigenvalue weighted by molar-refractivity contribution is 5.24. The van der Waals surface area contributed by atoms with E-state index in [-0.39, 0.29) is 0 Å². The molecule has 96 valence electrons. The molecule has 1 aromatic heterocycles. The van der Waals surface area contributed by atoms with Gasteiger partial charge in [-0.15, -0.1) is 0 Å². The molecule has 2 rings (SSSR count). The Morgan fingerprint density at radius 2 is 2.24 bits per heavy atom. The monoisotopic (exact) mass is 236 g/mol. The van der Waals surface area contributed by atoms with Gasteiger partial charge in [-0.3, -0.25) is 4.90 Å². The van der Waals surface area contributed by atoms with Crippen molar-refractivity contribution in [1.29, 1.82) is 0 Å². The van der Waals surface area contributed by atoms with E-state index in [0.29, 0.717) is 18.0 Å². The van der Waals surface area contributed by atoms with Gasteiger partial charge in [0.15, 0.2) is 0 Å². The first kappa shape index (κ1) is 12.7. The van der Waals surface area contributed by atoms with Gasteiger partial charge >= 0.3 is 0 Å². The lowest BCUT2D eigenvalue weighted by Gasteiger charge is -2.28. The molecule has 17 heavy (non-hydrogen) atoms. The molecule has 3 unspecified atom stereocenters. The van der Waals surface area contributed by atoms with Gasteiger partial charge in [-0.2, -0.15) is 0 Å². The second-order valence-corrected chi connectivity index (χ2v) is 5.43. The van der Waals surface area contributed by atoms with Crippen LogP contribution in [0.5, 0.6) is 0 Å². The molecule has 2 heterocycles. The summed E-state index contributed by atoms with van der Waals surface area (Å²) < 4.78 is 5.63. The van der Waals surface area contributed by atoms with Crippen molar-refractivity contribution in [2.24, 2.45) is 11.7 Å². The van der Waals surface area contributed by atoms with Crippen LogP contribution >= 0.6 is 0 Å². The average molecular weight is 236 g/mol. The van der Waals surface area contributed by atoms with Crippen molar-refractivity contribution in [3.05, 3.63) is 23.2 Å². The van der Waals surface area contributed by atoms with Crippen molar-refractivity contribution in [2.45, 2.75) is 46.2 Å². The zero-order valence-corrected chi connectivity index (χ0v) is 11.4. The molecule has 0 bridgehead atoms.